The highest BCUT2D eigenvalue weighted by Gasteiger charge is 2.34. The highest BCUT2D eigenvalue weighted by atomic mass is 19.1. The lowest BCUT2D eigenvalue weighted by molar-refractivity contribution is 0.108. The average molecular weight is 388 g/mol. The van der Waals surface area contributed by atoms with Crippen LogP contribution in [0.1, 0.15) is 103 Å². The molecule has 0 aliphatic heterocycles. The van der Waals surface area contributed by atoms with E-state index in [0.29, 0.717) is 12.3 Å². The summed E-state index contributed by atoms with van der Waals surface area (Å²) in [6.07, 6.45) is 22.5. The van der Waals surface area contributed by atoms with Crippen molar-refractivity contribution in [2.45, 2.75) is 109 Å². The van der Waals surface area contributed by atoms with Crippen LogP contribution in [0.2, 0.25) is 0 Å². The quantitative estimate of drug-likeness (QED) is 0.406. The molecule has 1 unspecified atom stereocenters. The Morgan fingerprint density at radius 1 is 0.821 bits per heavy atom. The number of nitrogens with zero attached hydrogens (tertiary/aromatic N) is 1. The zero-order chi connectivity index (χ0) is 19.8. The molecule has 3 rings (SSSR count). The summed E-state index contributed by atoms with van der Waals surface area (Å²) < 4.78 is 13.2. The number of rotatable bonds is 7. The molecule has 0 radical (unpaired) electrons. The summed E-state index contributed by atoms with van der Waals surface area (Å²) >= 11 is 0. The fraction of sp³-hybridized carbons (Fsp3) is 0.885. The number of alkyl halides is 1. The smallest absolute Gasteiger partial charge is 0.118 e. The number of halogens is 1. The molecule has 0 aromatic heterocycles. The molecule has 28 heavy (non-hydrogen) atoms. The average Bonchev–Trinajstić information content (AvgIpc) is 2.77. The van der Waals surface area contributed by atoms with Gasteiger partial charge in [0, 0.05) is 5.92 Å². The molecule has 3 saturated carbocycles. The standard InChI is InChI=1S/C26H42FN/c1-2-26(27)6-4-3-5-20-7-11-22(12-8-20)24-15-17-25(18-16-24)23-13-9-21(19-28)10-14-23/h4,6,20-26H,2-3,5,7-18H2,1H3/b6-4+/t20-,21-,22-,23-,24?,25?,26?. The second-order valence-corrected chi connectivity index (χ2v) is 10.1. The van der Waals surface area contributed by atoms with E-state index < -0.39 is 6.17 Å². The van der Waals surface area contributed by atoms with Gasteiger partial charge >= 0.3 is 0 Å². The Hall–Kier alpha value is -0.840. The lowest BCUT2D eigenvalue weighted by atomic mass is 9.65. The number of allylic oxidation sites excluding steroid dienone is 2. The molecule has 0 aromatic carbocycles. The molecule has 2 heteroatoms. The number of hydrogen-bond donors (Lipinski definition) is 0. The van der Waals surface area contributed by atoms with Crippen LogP contribution in [0, 0.1) is 46.8 Å². The van der Waals surface area contributed by atoms with Crippen LogP contribution in [0.4, 0.5) is 4.39 Å². The number of hydrogen-bond acceptors (Lipinski definition) is 1. The minimum atomic E-state index is -0.743. The molecule has 0 bridgehead atoms. The maximum atomic E-state index is 13.2. The van der Waals surface area contributed by atoms with Crippen LogP contribution in [-0.4, -0.2) is 6.17 Å². The Morgan fingerprint density at radius 2 is 1.29 bits per heavy atom. The molecule has 0 N–H and O–H groups in total. The first-order chi connectivity index (χ1) is 13.7. The predicted molar refractivity (Wildman–Crippen MR) is 116 cm³/mol. The van der Waals surface area contributed by atoms with Crippen LogP contribution in [0.25, 0.3) is 0 Å². The molecule has 158 valence electrons. The van der Waals surface area contributed by atoms with Crippen molar-refractivity contribution in [1.82, 2.24) is 0 Å². The molecule has 0 saturated heterocycles. The lowest BCUT2D eigenvalue weighted by Crippen LogP contribution is -2.29. The van der Waals surface area contributed by atoms with Crippen molar-refractivity contribution < 1.29 is 4.39 Å². The Labute approximate surface area is 173 Å². The highest BCUT2D eigenvalue weighted by molar-refractivity contribution is 4.91. The van der Waals surface area contributed by atoms with E-state index in [4.69, 9.17) is 5.26 Å². The second kappa shape index (κ2) is 11.4. The summed E-state index contributed by atoms with van der Waals surface area (Å²) in [7, 11) is 0. The van der Waals surface area contributed by atoms with Crippen molar-refractivity contribution in [2.75, 3.05) is 0 Å². The summed E-state index contributed by atoms with van der Waals surface area (Å²) in [5.74, 6) is 5.09. The van der Waals surface area contributed by atoms with Crippen LogP contribution in [0.15, 0.2) is 12.2 Å². The maximum absolute atomic E-state index is 13.2. The van der Waals surface area contributed by atoms with Gasteiger partial charge in [0.05, 0.1) is 6.07 Å². The normalized spacial score (nSPS) is 38.2. The van der Waals surface area contributed by atoms with Crippen LogP contribution in [0.3, 0.4) is 0 Å². The van der Waals surface area contributed by atoms with Gasteiger partial charge in [0.1, 0.15) is 6.17 Å². The molecule has 0 heterocycles. The topological polar surface area (TPSA) is 23.8 Å². The van der Waals surface area contributed by atoms with Crippen molar-refractivity contribution in [1.29, 1.82) is 5.26 Å². The van der Waals surface area contributed by atoms with Crippen LogP contribution >= 0.6 is 0 Å². The molecule has 1 atom stereocenters. The summed E-state index contributed by atoms with van der Waals surface area (Å²) in [4.78, 5) is 0. The SMILES string of the molecule is CCC(F)/C=C/CC[C@H]1CC[C@H](C2CCC([C@H]3CC[C@H](C#N)CC3)CC2)CC1. The van der Waals surface area contributed by atoms with Gasteiger partial charge < -0.3 is 0 Å². The summed E-state index contributed by atoms with van der Waals surface area (Å²) in [5.41, 5.74) is 0. The second-order valence-electron chi connectivity index (χ2n) is 10.1. The number of nitriles is 1. The van der Waals surface area contributed by atoms with E-state index in [1.54, 1.807) is 6.08 Å². The Balaban J connectivity index is 1.31. The van der Waals surface area contributed by atoms with E-state index in [-0.39, 0.29) is 0 Å². The van der Waals surface area contributed by atoms with E-state index in [0.717, 1.165) is 48.9 Å². The Kier molecular flexibility index (Phi) is 8.88. The first kappa shape index (κ1) is 21.9. The van der Waals surface area contributed by atoms with Gasteiger partial charge in [-0.05, 0) is 113 Å². The molecule has 3 fully saturated rings. The molecule has 0 spiro atoms. The molecule has 3 aliphatic carbocycles. The fourth-order valence-electron chi connectivity index (χ4n) is 6.47. The van der Waals surface area contributed by atoms with Crippen molar-refractivity contribution in [3.8, 4) is 6.07 Å². The first-order valence-corrected chi connectivity index (χ1v) is 12.4. The van der Waals surface area contributed by atoms with E-state index >= 15 is 0 Å². The van der Waals surface area contributed by atoms with Gasteiger partial charge in [-0.15, -0.1) is 0 Å². The van der Waals surface area contributed by atoms with Crippen LogP contribution in [-0.2, 0) is 0 Å². The van der Waals surface area contributed by atoms with E-state index in [1.165, 1.54) is 70.6 Å². The van der Waals surface area contributed by atoms with Gasteiger partial charge in [0.2, 0.25) is 0 Å². The van der Waals surface area contributed by atoms with Crippen molar-refractivity contribution >= 4 is 0 Å². The molecule has 3 aliphatic rings. The van der Waals surface area contributed by atoms with Crippen LogP contribution < -0.4 is 0 Å². The third-order valence-corrected chi connectivity index (χ3v) is 8.47. The molecular weight excluding hydrogens is 345 g/mol. The molecule has 1 nitrogen and oxygen atoms in total. The van der Waals surface area contributed by atoms with Crippen molar-refractivity contribution in [3.05, 3.63) is 12.2 Å². The third-order valence-electron chi connectivity index (χ3n) is 8.47. The minimum absolute atomic E-state index is 0.350. The third kappa shape index (κ3) is 6.33. The van der Waals surface area contributed by atoms with E-state index in [1.807, 2.05) is 6.92 Å². The lowest BCUT2D eigenvalue weighted by Gasteiger charge is -2.41. The van der Waals surface area contributed by atoms with Crippen molar-refractivity contribution in [3.63, 3.8) is 0 Å². The van der Waals surface area contributed by atoms with Gasteiger partial charge in [0.25, 0.3) is 0 Å². The highest BCUT2D eigenvalue weighted by Crippen LogP contribution is 2.46. The summed E-state index contributed by atoms with van der Waals surface area (Å²) in [6.45, 7) is 1.91. The summed E-state index contributed by atoms with van der Waals surface area (Å²) in [6, 6.07) is 2.48. The predicted octanol–water partition coefficient (Wildman–Crippen LogP) is 8.01. The maximum Gasteiger partial charge on any atom is 0.118 e. The Morgan fingerprint density at radius 3 is 1.75 bits per heavy atom. The van der Waals surface area contributed by atoms with Gasteiger partial charge in [-0.2, -0.15) is 5.26 Å². The minimum Gasteiger partial charge on any atom is -0.243 e. The van der Waals surface area contributed by atoms with Crippen LogP contribution in [0.5, 0.6) is 0 Å². The zero-order valence-corrected chi connectivity index (χ0v) is 18.1. The molecule has 0 aromatic rings. The van der Waals surface area contributed by atoms with Gasteiger partial charge in [-0.1, -0.05) is 31.9 Å². The molecular formula is C26H42FN. The van der Waals surface area contributed by atoms with E-state index in [9.17, 15) is 4.39 Å². The Bertz CT molecular complexity index is 497. The van der Waals surface area contributed by atoms with Crippen molar-refractivity contribution in [2.24, 2.45) is 35.5 Å². The van der Waals surface area contributed by atoms with Gasteiger partial charge in [-0.25, -0.2) is 4.39 Å². The monoisotopic (exact) mass is 387 g/mol. The fourth-order valence-corrected chi connectivity index (χ4v) is 6.47. The first-order valence-electron chi connectivity index (χ1n) is 12.4. The largest absolute Gasteiger partial charge is 0.243 e. The zero-order valence-electron chi connectivity index (χ0n) is 18.1. The summed E-state index contributed by atoms with van der Waals surface area (Å²) in [5, 5.41) is 9.11. The van der Waals surface area contributed by atoms with E-state index in [2.05, 4.69) is 12.1 Å². The molecule has 0 amide bonds. The van der Waals surface area contributed by atoms with Gasteiger partial charge in [0.15, 0.2) is 0 Å². The van der Waals surface area contributed by atoms with Gasteiger partial charge in [-0.3, -0.25) is 0 Å².